The number of amidine groups is 1. The highest BCUT2D eigenvalue weighted by atomic mass is 16.4. The molecule has 1 saturated carbocycles. The third-order valence-electron chi connectivity index (χ3n) is 2.92. The number of rotatable bonds is 5. The van der Waals surface area contributed by atoms with Crippen molar-refractivity contribution in [1.82, 2.24) is 14.7 Å². The lowest BCUT2D eigenvalue weighted by Crippen LogP contribution is -2.36. The number of hydrogen-bond donors (Lipinski definition) is 2. The van der Waals surface area contributed by atoms with Crippen molar-refractivity contribution in [2.24, 2.45) is 17.9 Å². The number of oxime groups is 1. The number of nitrogens with two attached hydrogens (primary N) is 1. The lowest BCUT2D eigenvalue weighted by Gasteiger charge is -2.20. The molecule has 1 amide bonds. The van der Waals surface area contributed by atoms with Gasteiger partial charge < -0.3 is 15.8 Å². The average molecular weight is 251 g/mol. The van der Waals surface area contributed by atoms with Crippen LogP contribution in [-0.2, 0) is 7.05 Å². The Bertz CT molecular complexity index is 464. The third-order valence-corrected chi connectivity index (χ3v) is 2.92. The number of aromatic nitrogens is 2. The van der Waals surface area contributed by atoms with E-state index in [1.165, 1.54) is 0 Å². The monoisotopic (exact) mass is 251 g/mol. The lowest BCUT2D eigenvalue weighted by atomic mass is 10.3. The molecule has 7 heteroatoms. The SMILES string of the molecule is Cn1ccc(C(=O)N(CC/C(N)=N/O)C2CC2)n1. The first kappa shape index (κ1) is 12.4. The van der Waals surface area contributed by atoms with Gasteiger partial charge in [-0.1, -0.05) is 5.16 Å². The molecule has 0 bridgehead atoms. The van der Waals surface area contributed by atoms with E-state index >= 15 is 0 Å². The molecular formula is C11H17N5O2. The summed E-state index contributed by atoms with van der Waals surface area (Å²) in [6, 6.07) is 1.97. The van der Waals surface area contributed by atoms with Crippen LogP contribution >= 0.6 is 0 Å². The van der Waals surface area contributed by atoms with Crippen molar-refractivity contribution in [2.45, 2.75) is 25.3 Å². The Morgan fingerprint density at radius 2 is 2.44 bits per heavy atom. The second kappa shape index (κ2) is 5.07. The summed E-state index contributed by atoms with van der Waals surface area (Å²) in [5.41, 5.74) is 5.86. The van der Waals surface area contributed by atoms with Gasteiger partial charge in [0.15, 0.2) is 0 Å². The Morgan fingerprint density at radius 1 is 1.72 bits per heavy atom. The smallest absolute Gasteiger partial charge is 0.274 e. The molecule has 0 unspecified atom stereocenters. The highest BCUT2D eigenvalue weighted by Gasteiger charge is 2.33. The first-order valence-electron chi connectivity index (χ1n) is 5.89. The summed E-state index contributed by atoms with van der Waals surface area (Å²) in [5.74, 6) is 0.0401. The zero-order valence-electron chi connectivity index (χ0n) is 10.3. The van der Waals surface area contributed by atoms with E-state index in [0.29, 0.717) is 18.7 Å². The van der Waals surface area contributed by atoms with Gasteiger partial charge >= 0.3 is 0 Å². The zero-order valence-corrected chi connectivity index (χ0v) is 10.3. The topological polar surface area (TPSA) is 96.7 Å². The summed E-state index contributed by atoms with van der Waals surface area (Å²) >= 11 is 0. The molecule has 0 saturated heterocycles. The maximum Gasteiger partial charge on any atom is 0.274 e. The summed E-state index contributed by atoms with van der Waals surface area (Å²) in [4.78, 5) is 14.0. The van der Waals surface area contributed by atoms with Crippen LogP contribution in [0.3, 0.4) is 0 Å². The normalized spacial score (nSPS) is 15.7. The Labute approximate surface area is 105 Å². The molecule has 98 valence electrons. The van der Waals surface area contributed by atoms with Gasteiger partial charge in [0.2, 0.25) is 0 Å². The first-order chi connectivity index (χ1) is 8.61. The molecule has 0 spiro atoms. The van der Waals surface area contributed by atoms with Crippen LogP contribution in [0.5, 0.6) is 0 Å². The van der Waals surface area contributed by atoms with Crippen LogP contribution in [0.1, 0.15) is 29.8 Å². The fraction of sp³-hybridized carbons (Fsp3) is 0.545. The van der Waals surface area contributed by atoms with Crippen molar-refractivity contribution < 1.29 is 10.0 Å². The van der Waals surface area contributed by atoms with E-state index in [-0.39, 0.29) is 17.8 Å². The van der Waals surface area contributed by atoms with E-state index in [4.69, 9.17) is 10.9 Å². The molecule has 0 radical (unpaired) electrons. The fourth-order valence-corrected chi connectivity index (χ4v) is 1.80. The van der Waals surface area contributed by atoms with E-state index in [2.05, 4.69) is 10.3 Å². The predicted octanol–water partition coefficient (Wildman–Crippen LogP) is 0.161. The second-order valence-corrected chi connectivity index (χ2v) is 4.45. The quantitative estimate of drug-likeness (QED) is 0.337. The van der Waals surface area contributed by atoms with Crippen molar-refractivity contribution in [2.75, 3.05) is 6.54 Å². The maximum absolute atomic E-state index is 12.2. The average Bonchev–Trinajstić information content (AvgIpc) is 3.10. The van der Waals surface area contributed by atoms with Crippen LogP contribution in [0.25, 0.3) is 0 Å². The van der Waals surface area contributed by atoms with Gasteiger partial charge in [-0.15, -0.1) is 0 Å². The first-order valence-corrected chi connectivity index (χ1v) is 5.89. The van der Waals surface area contributed by atoms with E-state index in [1.54, 1.807) is 28.9 Å². The van der Waals surface area contributed by atoms with Crippen LogP contribution in [-0.4, -0.2) is 44.2 Å². The Kier molecular flexibility index (Phi) is 3.50. The highest BCUT2D eigenvalue weighted by molar-refractivity contribution is 5.93. The van der Waals surface area contributed by atoms with E-state index in [0.717, 1.165) is 12.8 Å². The molecule has 1 fully saturated rings. The van der Waals surface area contributed by atoms with Gasteiger partial charge in [-0.05, 0) is 18.9 Å². The molecule has 1 aromatic rings. The van der Waals surface area contributed by atoms with Crippen LogP contribution in [0, 0.1) is 0 Å². The molecule has 1 heterocycles. The van der Waals surface area contributed by atoms with Gasteiger partial charge in [0, 0.05) is 32.3 Å². The van der Waals surface area contributed by atoms with Crippen LogP contribution in [0.4, 0.5) is 0 Å². The standard InChI is InChI=1S/C11H17N5O2/c1-15-6-4-9(13-15)11(17)16(8-2-3-8)7-5-10(12)14-18/h4,6,8,18H,2-3,5,7H2,1H3,(H2,12,14). The summed E-state index contributed by atoms with van der Waals surface area (Å²) in [7, 11) is 1.77. The van der Waals surface area contributed by atoms with Gasteiger partial charge in [0.05, 0.1) is 0 Å². The minimum atomic E-state index is -0.0937. The van der Waals surface area contributed by atoms with Crippen molar-refractivity contribution in [1.29, 1.82) is 0 Å². The van der Waals surface area contributed by atoms with Gasteiger partial charge in [-0.25, -0.2) is 0 Å². The molecule has 0 aromatic carbocycles. The fourth-order valence-electron chi connectivity index (χ4n) is 1.80. The van der Waals surface area contributed by atoms with Crippen molar-refractivity contribution >= 4 is 11.7 Å². The van der Waals surface area contributed by atoms with Gasteiger partial charge in [-0.2, -0.15) is 5.10 Å². The summed E-state index contributed by atoms with van der Waals surface area (Å²) in [6.45, 7) is 0.454. The van der Waals surface area contributed by atoms with Crippen LogP contribution in [0.2, 0.25) is 0 Å². The summed E-state index contributed by atoms with van der Waals surface area (Å²) < 4.78 is 1.60. The largest absolute Gasteiger partial charge is 0.409 e. The predicted molar refractivity (Wildman–Crippen MR) is 65.3 cm³/mol. The molecule has 2 rings (SSSR count). The number of aryl methyl sites for hydroxylation is 1. The van der Waals surface area contributed by atoms with Gasteiger partial charge in [-0.3, -0.25) is 9.48 Å². The van der Waals surface area contributed by atoms with Crippen LogP contribution < -0.4 is 5.73 Å². The Morgan fingerprint density at radius 3 is 2.94 bits per heavy atom. The number of carbonyl (C=O) groups is 1. The highest BCUT2D eigenvalue weighted by Crippen LogP contribution is 2.28. The second-order valence-electron chi connectivity index (χ2n) is 4.45. The van der Waals surface area contributed by atoms with Gasteiger partial charge in [0.1, 0.15) is 11.5 Å². The van der Waals surface area contributed by atoms with Crippen molar-refractivity contribution in [3.8, 4) is 0 Å². The summed E-state index contributed by atoms with van der Waals surface area (Å²) in [6.07, 6.45) is 4.12. The molecule has 18 heavy (non-hydrogen) atoms. The molecule has 1 aliphatic carbocycles. The van der Waals surface area contributed by atoms with E-state index in [1.807, 2.05) is 0 Å². The van der Waals surface area contributed by atoms with Crippen molar-refractivity contribution in [3.63, 3.8) is 0 Å². The summed E-state index contributed by atoms with van der Waals surface area (Å²) in [5, 5.41) is 15.5. The van der Waals surface area contributed by atoms with E-state index in [9.17, 15) is 4.79 Å². The zero-order chi connectivity index (χ0) is 13.1. The number of hydrogen-bond acceptors (Lipinski definition) is 4. The maximum atomic E-state index is 12.2. The van der Waals surface area contributed by atoms with Gasteiger partial charge in [0.25, 0.3) is 5.91 Å². The Balaban J connectivity index is 2.03. The minimum absolute atomic E-state index is 0.0937. The third kappa shape index (κ3) is 2.79. The molecule has 1 aromatic heterocycles. The number of amides is 1. The lowest BCUT2D eigenvalue weighted by molar-refractivity contribution is 0.0740. The molecule has 3 N–H and O–H groups in total. The van der Waals surface area contributed by atoms with Crippen molar-refractivity contribution in [3.05, 3.63) is 18.0 Å². The van der Waals surface area contributed by atoms with E-state index < -0.39 is 0 Å². The molecule has 0 atom stereocenters. The molecule has 0 aliphatic heterocycles. The minimum Gasteiger partial charge on any atom is -0.409 e. The molecule has 1 aliphatic rings. The van der Waals surface area contributed by atoms with Crippen LogP contribution in [0.15, 0.2) is 17.4 Å². The molecule has 7 nitrogen and oxygen atoms in total. The number of nitrogens with zero attached hydrogens (tertiary/aromatic N) is 4. The molecular weight excluding hydrogens is 234 g/mol. The number of carbonyl (C=O) groups excluding carboxylic acids is 1. The Hall–Kier alpha value is -2.05.